The van der Waals surface area contributed by atoms with Crippen LogP contribution < -0.4 is 9.47 Å². The van der Waals surface area contributed by atoms with Gasteiger partial charge in [-0.05, 0) is 80.3 Å². The summed E-state index contributed by atoms with van der Waals surface area (Å²) in [5.74, 6) is 0.837. The Morgan fingerprint density at radius 2 is 1.84 bits per heavy atom. The highest BCUT2D eigenvalue weighted by molar-refractivity contribution is 5.70. The number of pyridine rings is 1. The molecule has 37 heavy (non-hydrogen) atoms. The second-order valence-electron chi connectivity index (χ2n) is 8.58. The molecule has 5 nitrogen and oxygen atoms in total. The topological polar surface area (TPSA) is 57.7 Å². The Bertz CT molecular complexity index is 1170. The zero-order valence-corrected chi connectivity index (χ0v) is 21.3. The van der Waals surface area contributed by atoms with Gasteiger partial charge in [0.2, 0.25) is 0 Å². The number of hydrogen-bond donors (Lipinski definition) is 0. The highest BCUT2D eigenvalue weighted by Gasteiger charge is 2.31. The molecule has 0 bridgehead atoms. The van der Waals surface area contributed by atoms with E-state index in [0.717, 1.165) is 29.7 Å². The molecule has 0 spiro atoms. The first-order chi connectivity index (χ1) is 17.7. The molecule has 1 atom stereocenters. The Hall–Kier alpha value is -3.55. The summed E-state index contributed by atoms with van der Waals surface area (Å²) in [5, 5.41) is 0. The van der Waals surface area contributed by atoms with Crippen LogP contribution in [-0.4, -0.2) is 30.3 Å². The predicted octanol–water partition coefficient (Wildman–Crippen LogP) is 7.06. The van der Waals surface area contributed by atoms with E-state index in [1.54, 1.807) is 25.1 Å². The Morgan fingerprint density at radius 3 is 2.51 bits per heavy atom. The average Bonchev–Trinajstić information content (AvgIpc) is 2.88. The minimum absolute atomic E-state index is 0.210. The minimum atomic E-state index is -4.47. The number of ether oxygens (including phenoxy) is 3. The molecule has 3 rings (SSSR count). The van der Waals surface area contributed by atoms with Crippen LogP contribution in [0.25, 0.3) is 11.3 Å². The molecule has 0 radical (unpaired) electrons. The van der Waals surface area contributed by atoms with Gasteiger partial charge in [0.1, 0.15) is 11.5 Å². The summed E-state index contributed by atoms with van der Waals surface area (Å²) < 4.78 is 56.8. The van der Waals surface area contributed by atoms with Gasteiger partial charge in [0.25, 0.3) is 0 Å². The lowest BCUT2D eigenvalue weighted by Gasteiger charge is -2.19. The average molecular weight is 516 g/mol. The largest absolute Gasteiger partial charge is 0.493 e. The third kappa shape index (κ3) is 8.23. The number of esters is 1. The van der Waals surface area contributed by atoms with E-state index in [9.17, 15) is 18.0 Å². The number of benzene rings is 2. The van der Waals surface area contributed by atoms with Gasteiger partial charge in [-0.2, -0.15) is 13.2 Å². The maximum atomic E-state index is 13.3. The van der Waals surface area contributed by atoms with E-state index < -0.39 is 11.7 Å². The predicted molar refractivity (Wildman–Crippen MR) is 136 cm³/mol. The van der Waals surface area contributed by atoms with Crippen molar-refractivity contribution in [2.75, 3.05) is 13.2 Å². The maximum Gasteiger partial charge on any atom is 0.416 e. The highest BCUT2D eigenvalue weighted by atomic mass is 19.4. The van der Waals surface area contributed by atoms with E-state index >= 15 is 0 Å². The number of carbonyl (C=O) groups excluding carboxylic acids is 1. The standard InChI is InChI=1S/C29H32F3NO4/c1-4-21-18-24(12-9-22(21)10-14-28(34)35-5-2)36-17-15-20(3)37-27-13-11-23(29(30,31)32)19-25(27)26-8-6-7-16-33-26/h6-9,11-13,16,18-20H,4-5,10,14-15,17H2,1-3H3. The maximum absolute atomic E-state index is 13.3. The highest BCUT2D eigenvalue weighted by Crippen LogP contribution is 2.37. The number of hydrogen-bond acceptors (Lipinski definition) is 5. The number of nitrogens with zero attached hydrogens (tertiary/aromatic N) is 1. The molecule has 0 N–H and O–H groups in total. The Balaban J connectivity index is 1.61. The quantitative estimate of drug-likeness (QED) is 0.242. The van der Waals surface area contributed by atoms with Gasteiger partial charge in [0.15, 0.2) is 0 Å². The van der Waals surface area contributed by atoms with Gasteiger partial charge in [-0.25, -0.2) is 0 Å². The number of aryl methyl sites for hydroxylation is 2. The SMILES string of the molecule is CCOC(=O)CCc1ccc(OCCC(C)Oc2ccc(C(F)(F)F)cc2-c2ccccn2)cc1CC. The molecule has 0 aliphatic rings. The van der Waals surface area contributed by atoms with Gasteiger partial charge in [-0.1, -0.05) is 19.1 Å². The van der Waals surface area contributed by atoms with Crippen molar-refractivity contribution in [3.8, 4) is 22.8 Å². The number of rotatable bonds is 12. The summed E-state index contributed by atoms with van der Waals surface area (Å²) >= 11 is 0. The third-order valence-electron chi connectivity index (χ3n) is 5.83. The monoisotopic (exact) mass is 515 g/mol. The Kier molecular flexibility index (Phi) is 9.94. The van der Waals surface area contributed by atoms with Crippen molar-refractivity contribution in [1.29, 1.82) is 0 Å². The molecule has 0 aliphatic carbocycles. The smallest absolute Gasteiger partial charge is 0.416 e. The fraction of sp³-hybridized carbons (Fsp3) is 0.379. The molecule has 2 aromatic carbocycles. The first-order valence-corrected chi connectivity index (χ1v) is 12.4. The molecule has 1 aromatic heterocycles. The molecular formula is C29H32F3NO4. The fourth-order valence-corrected chi connectivity index (χ4v) is 3.88. The van der Waals surface area contributed by atoms with Gasteiger partial charge >= 0.3 is 12.1 Å². The first kappa shape index (κ1) is 28.0. The van der Waals surface area contributed by atoms with Gasteiger partial charge in [-0.15, -0.1) is 0 Å². The molecule has 8 heteroatoms. The van der Waals surface area contributed by atoms with Crippen LogP contribution in [0.4, 0.5) is 13.2 Å². The van der Waals surface area contributed by atoms with Crippen LogP contribution in [0.5, 0.6) is 11.5 Å². The van der Waals surface area contributed by atoms with Crippen molar-refractivity contribution in [2.24, 2.45) is 0 Å². The molecule has 3 aromatic rings. The zero-order valence-electron chi connectivity index (χ0n) is 21.3. The van der Waals surface area contributed by atoms with Gasteiger partial charge in [0, 0.05) is 24.6 Å². The van der Waals surface area contributed by atoms with Crippen molar-refractivity contribution < 1.29 is 32.2 Å². The Labute approximate surface area is 215 Å². The first-order valence-electron chi connectivity index (χ1n) is 12.4. The summed E-state index contributed by atoms with van der Waals surface area (Å²) in [6.45, 7) is 6.42. The van der Waals surface area contributed by atoms with E-state index in [1.165, 1.54) is 12.3 Å². The molecule has 198 valence electrons. The molecule has 0 saturated carbocycles. The van der Waals surface area contributed by atoms with E-state index in [-0.39, 0.29) is 17.6 Å². The van der Waals surface area contributed by atoms with Crippen molar-refractivity contribution in [3.63, 3.8) is 0 Å². The number of aromatic nitrogens is 1. The minimum Gasteiger partial charge on any atom is -0.493 e. The summed E-state index contributed by atoms with van der Waals surface area (Å²) in [6.07, 6.45) is -0.974. The van der Waals surface area contributed by atoms with E-state index in [4.69, 9.17) is 14.2 Å². The second kappa shape index (κ2) is 13.1. The number of halogens is 3. The van der Waals surface area contributed by atoms with Gasteiger partial charge < -0.3 is 14.2 Å². The fourth-order valence-electron chi connectivity index (χ4n) is 3.88. The normalized spacial score (nSPS) is 12.2. The van der Waals surface area contributed by atoms with E-state index in [0.29, 0.717) is 49.7 Å². The van der Waals surface area contributed by atoms with Crippen molar-refractivity contribution in [2.45, 2.75) is 58.7 Å². The third-order valence-corrected chi connectivity index (χ3v) is 5.83. The van der Waals surface area contributed by atoms with Crippen LogP contribution in [-0.2, 0) is 28.5 Å². The van der Waals surface area contributed by atoms with Crippen LogP contribution >= 0.6 is 0 Å². The lowest BCUT2D eigenvalue weighted by Crippen LogP contribution is -2.17. The van der Waals surface area contributed by atoms with Crippen molar-refractivity contribution >= 4 is 5.97 Å². The van der Waals surface area contributed by atoms with Crippen LogP contribution in [0.15, 0.2) is 60.8 Å². The summed E-state index contributed by atoms with van der Waals surface area (Å²) in [6, 6.07) is 14.3. The van der Waals surface area contributed by atoms with Crippen LogP contribution in [0.3, 0.4) is 0 Å². The number of carbonyl (C=O) groups is 1. The van der Waals surface area contributed by atoms with Crippen LogP contribution in [0.2, 0.25) is 0 Å². The summed E-state index contributed by atoms with van der Waals surface area (Å²) in [4.78, 5) is 15.9. The summed E-state index contributed by atoms with van der Waals surface area (Å²) in [5.41, 5.74) is 2.13. The van der Waals surface area contributed by atoms with E-state index in [1.807, 2.05) is 32.0 Å². The lowest BCUT2D eigenvalue weighted by molar-refractivity contribution is -0.143. The molecular weight excluding hydrogens is 483 g/mol. The van der Waals surface area contributed by atoms with Crippen LogP contribution in [0.1, 0.15) is 50.3 Å². The molecule has 0 aliphatic heterocycles. The van der Waals surface area contributed by atoms with Crippen molar-refractivity contribution in [1.82, 2.24) is 4.98 Å². The number of alkyl halides is 3. The molecule has 1 heterocycles. The zero-order chi connectivity index (χ0) is 26.8. The van der Waals surface area contributed by atoms with Gasteiger partial charge in [-0.3, -0.25) is 9.78 Å². The second-order valence-corrected chi connectivity index (χ2v) is 8.58. The van der Waals surface area contributed by atoms with Crippen molar-refractivity contribution in [3.05, 3.63) is 77.5 Å². The van der Waals surface area contributed by atoms with Crippen LogP contribution in [0, 0.1) is 0 Å². The Morgan fingerprint density at radius 1 is 1.03 bits per heavy atom. The molecule has 1 unspecified atom stereocenters. The van der Waals surface area contributed by atoms with E-state index in [2.05, 4.69) is 4.98 Å². The lowest BCUT2D eigenvalue weighted by atomic mass is 10.0. The summed E-state index contributed by atoms with van der Waals surface area (Å²) in [7, 11) is 0. The molecule has 0 fully saturated rings. The van der Waals surface area contributed by atoms with Gasteiger partial charge in [0.05, 0.1) is 30.6 Å². The molecule has 0 amide bonds. The molecule has 0 saturated heterocycles.